The molecule has 0 aliphatic carbocycles. The number of aryl methyl sites for hydroxylation is 1. The van der Waals surface area contributed by atoms with Crippen LogP contribution in [-0.2, 0) is 15.9 Å². The Bertz CT molecular complexity index is 1120. The summed E-state index contributed by atoms with van der Waals surface area (Å²) in [5.74, 6) is 2.10. The van der Waals surface area contributed by atoms with Gasteiger partial charge in [0.05, 0.1) is 17.4 Å². The monoisotopic (exact) mass is 502 g/mol. The van der Waals surface area contributed by atoms with Crippen molar-refractivity contribution in [3.8, 4) is 0 Å². The third kappa shape index (κ3) is 6.53. The standard InChI is InChI=1S/C31H42N4O2/c1-22-10-12-25-8-4-5-9-28(25)34-31(24(22)3)37-21-27-13-11-23(2)29(35-16-6-7-17-35)20-30(33-27)32-26-14-18-36-19-15-26/h4-5,8-9,13,20,23,26H,6-7,10-12,14-19,21H2,1-3H3,(H,32,33)/b24-22?,27-13+,29-20+,34-31?. The number of hydrogen-bond donors (Lipinski definition) is 1. The molecule has 6 heteroatoms. The molecule has 5 rings (SSSR count). The van der Waals surface area contributed by atoms with Crippen molar-refractivity contribution >= 4 is 17.4 Å². The second kappa shape index (κ2) is 12.1. The molecule has 1 N–H and O–H groups in total. The summed E-state index contributed by atoms with van der Waals surface area (Å²) in [5, 5.41) is 3.66. The average Bonchev–Trinajstić information content (AvgIpc) is 3.44. The van der Waals surface area contributed by atoms with E-state index in [0.29, 0.717) is 18.6 Å². The zero-order chi connectivity index (χ0) is 25.6. The first-order valence-electron chi connectivity index (χ1n) is 14.1. The maximum atomic E-state index is 6.45. The quantitative estimate of drug-likeness (QED) is 0.542. The number of allylic oxidation sites excluding steroid dienone is 3. The highest BCUT2D eigenvalue weighted by Crippen LogP contribution is 2.28. The van der Waals surface area contributed by atoms with E-state index < -0.39 is 0 Å². The molecule has 0 radical (unpaired) electrons. The van der Waals surface area contributed by atoms with Gasteiger partial charge in [0.1, 0.15) is 12.4 Å². The molecule has 2 fully saturated rings. The Hall–Kier alpha value is -2.86. The minimum Gasteiger partial charge on any atom is -0.471 e. The van der Waals surface area contributed by atoms with Gasteiger partial charge in [0.25, 0.3) is 0 Å². The number of amidine groups is 1. The number of hydrogen-bond acceptors (Lipinski definition) is 5. The molecule has 4 aliphatic heterocycles. The van der Waals surface area contributed by atoms with Crippen LogP contribution in [0.1, 0.15) is 64.9 Å². The lowest BCUT2D eigenvalue weighted by Crippen LogP contribution is -2.33. The molecule has 0 aromatic heterocycles. The van der Waals surface area contributed by atoms with E-state index in [9.17, 15) is 0 Å². The van der Waals surface area contributed by atoms with Gasteiger partial charge >= 0.3 is 0 Å². The second-order valence-electron chi connectivity index (χ2n) is 10.9. The summed E-state index contributed by atoms with van der Waals surface area (Å²) in [6.07, 6.45) is 12.1. The summed E-state index contributed by atoms with van der Waals surface area (Å²) in [4.78, 5) is 12.7. The molecule has 2 saturated heterocycles. The minimum absolute atomic E-state index is 0.295. The van der Waals surface area contributed by atoms with Gasteiger partial charge in [0, 0.05) is 37.6 Å². The lowest BCUT2D eigenvalue weighted by Gasteiger charge is -2.29. The van der Waals surface area contributed by atoms with Crippen molar-refractivity contribution in [2.45, 2.75) is 71.8 Å². The molecule has 0 amide bonds. The van der Waals surface area contributed by atoms with Gasteiger partial charge in [-0.25, -0.2) is 4.99 Å². The number of nitrogens with one attached hydrogen (secondary N) is 1. The van der Waals surface area contributed by atoms with Crippen LogP contribution in [0.25, 0.3) is 0 Å². The number of fused-ring (bicyclic) bond motifs is 1. The summed E-state index contributed by atoms with van der Waals surface area (Å²) in [6, 6.07) is 8.70. The third-order valence-electron chi connectivity index (χ3n) is 8.09. The molecule has 6 nitrogen and oxygen atoms in total. The van der Waals surface area contributed by atoms with Crippen LogP contribution in [0, 0.1) is 5.92 Å². The predicted octanol–water partition coefficient (Wildman–Crippen LogP) is 6.09. The number of nitrogens with zero attached hydrogens (tertiary/aromatic N) is 3. The van der Waals surface area contributed by atoms with E-state index in [-0.39, 0.29) is 0 Å². The smallest absolute Gasteiger partial charge is 0.217 e. The number of aliphatic imine (C=N–C) groups is 2. The molecule has 4 heterocycles. The predicted molar refractivity (Wildman–Crippen MR) is 151 cm³/mol. The van der Waals surface area contributed by atoms with E-state index >= 15 is 0 Å². The number of ether oxygens (including phenoxy) is 2. The molecule has 37 heavy (non-hydrogen) atoms. The zero-order valence-electron chi connectivity index (χ0n) is 22.8. The second-order valence-corrected chi connectivity index (χ2v) is 10.9. The van der Waals surface area contributed by atoms with Crippen LogP contribution in [0.4, 0.5) is 5.69 Å². The lowest BCUT2D eigenvalue weighted by molar-refractivity contribution is 0.0871. The number of para-hydroxylation sites is 1. The number of likely N-dealkylation sites (tertiary alicyclic amines) is 1. The zero-order valence-corrected chi connectivity index (χ0v) is 22.8. The van der Waals surface area contributed by atoms with Crippen LogP contribution in [-0.4, -0.2) is 55.6 Å². The van der Waals surface area contributed by atoms with Crippen LogP contribution in [0.15, 0.2) is 68.9 Å². The van der Waals surface area contributed by atoms with Crippen molar-refractivity contribution in [1.29, 1.82) is 0 Å². The summed E-state index contributed by atoms with van der Waals surface area (Å²) >= 11 is 0. The van der Waals surface area contributed by atoms with E-state index in [1.54, 1.807) is 0 Å². The molecule has 1 unspecified atom stereocenters. The van der Waals surface area contributed by atoms with Crippen molar-refractivity contribution in [2.75, 3.05) is 32.9 Å². The maximum absolute atomic E-state index is 6.45. The Morgan fingerprint density at radius 2 is 1.89 bits per heavy atom. The first kappa shape index (κ1) is 25.8. The maximum Gasteiger partial charge on any atom is 0.217 e. The highest BCUT2D eigenvalue weighted by molar-refractivity contribution is 5.97. The fraction of sp³-hybridized carbons (Fsp3) is 0.548. The molecule has 1 atom stereocenters. The van der Waals surface area contributed by atoms with Gasteiger partial charge in [0.15, 0.2) is 0 Å². The lowest BCUT2D eigenvalue weighted by atomic mass is 9.99. The summed E-state index contributed by atoms with van der Waals surface area (Å²) in [5.41, 5.74) is 7.22. The van der Waals surface area contributed by atoms with Gasteiger partial charge in [0.2, 0.25) is 5.90 Å². The SMILES string of the molecule is CC1=C(C)C(OC/C2=C\CC(C)/C(N3CCCC3)=C\C(=NC3CCOCC3)N2)=Nc2ccccc2CC1. The Balaban J connectivity index is 1.38. The van der Waals surface area contributed by atoms with Gasteiger partial charge in [-0.1, -0.05) is 36.8 Å². The average molecular weight is 503 g/mol. The van der Waals surface area contributed by atoms with Crippen molar-refractivity contribution in [3.05, 3.63) is 64.5 Å². The van der Waals surface area contributed by atoms with Gasteiger partial charge in [-0.3, -0.25) is 4.99 Å². The molecule has 0 saturated carbocycles. The third-order valence-corrected chi connectivity index (χ3v) is 8.09. The van der Waals surface area contributed by atoms with E-state index in [1.807, 2.05) is 0 Å². The Kier molecular flexibility index (Phi) is 8.45. The van der Waals surface area contributed by atoms with Crippen LogP contribution in [0.2, 0.25) is 0 Å². The molecule has 0 spiro atoms. The fourth-order valence-electron chi connectivity index (χ4n) is 5.53. The topological polar surface area (TPSA) is 58.5 Å². The Morgan fingerprint density at radius 3 is 2.70 bits per heavy atom. The van der Waals surface area contributed by atoms with Crippen LogP contribution in [0.3, 0.4) is 0 Å². The van der Waals surface area contributed by atoms with Crippen molar-refractivity contribution < 1.29 is 9.47 Å². The van der Waals surface area contributed by atoms with Crippen LogP contribution >= 0.6 is 0 Å². The minimum atomic E-state index is 0.295. The molecular weight excluding hydrogens is 460 g/mol. The first-order chi connectivity index (χ1) is 18.1. The Morgan fingerprint density at radius 1 is 1.11 bits per heavy atom. The van der Waals surface area contributed by atoms with Gasteiger partial charge in [-0.2, -0.15) is 0 Å². The van der Waals surface area contributed by atoms with Gasteiger partial charge < -0.3 is 19.7 Å². The van der Waals surface area contributed by atoms with E-state index in [2.05, 4.69) is 67.4 Å². The normalized spacial score (nSPS) is 27.5. The molecule has 198 valence electrons. The van der Waals surface area contributed by atoms with E-state index in [0.717, 1.165) is 87.1 Å². The van der Waals surface area contributed by atoms with Crippen molar-refractivity contribution in [1.82, 2.24) is 10.2 Å². The molecular formula is C31H42N4O2. The van der Waals surface area contributed by atoms with E-state index in [1.165, 1.54) is 29.7 Å². The first-order valence-corrected chi connectivity index (χ1v) is 14.1. The molecule has 0 bridgehead atoms. The van der Waals surface area contributed by atoms with Crippen molar-refractivity contribution in [3.63, 3.8) is 0 Å². The number of rotatable bonds is 4. The van der Waals surface area contributed by atoms with E-state index in [4.69, 9.17) is 19.5 Å². The highest BCUT2D eigenvalue weighted by Gasteiger charge is 2.23. The summed E-state index contributed by atoms with van der Waals surface area (Å²) in [6.45, 7) is 11.0. The molecule has 4 aliphatic rings. The summed E-state index contributed by atoms with van der Waals surface area (Å²) < 4.78 is 12.0. The van der Waals surface area contributed by atoms with Gasteiger partial charge in [-0.05, 0) is 82.4 Å². The largest absolute Gasteiger partial charge is 0.471 e. The summed E-state index contributed by atoms with van der Waals surface area (Å²) in [7, 11) is 0. The number of benzene rings is 1. The highest BCUT2D eigenvalue weighted by atomic mass is 16.5. The molecule has 1 aromatic carbocycles. The van der Waals surface area contributed by atoms with Crippen LogP contribution < -0.4 is 5.32 Å². The van der Waals surface area contributed by atoms with Gasteiger partial charge in [-0.15, -0.1) is 0 Å². The fourth-order valence-corrected chi connectivity index (χ4v) is 5.53. The van der Waals surface area contributed by atoms with Crippen LogP contribution in [0.5, 0.6) is 0 Å². The Labute approximate surface area is 222 Å². The molecule has 1 aromatic rings. The van der Waals surface area contributed by atoms with Crippen molar-refractivity contribution in [2.24, 2.45) is 15.9 Å².